The van der Waals surface area contributed by atoms with Gasteiger partial charge in [0, 0.05) is 11.5 Å². The van der Waals surface area contributed by atoms with Crippen molar-refractivity contribution < 1.29 is 35.3 Å². The van der Waals surface area contributed by atoms with Gasteiger partial charge in [-0.3, -0.25) is 0 Å². The van der Waals surface area contributed by atoms with Gasteiger partial charge in [0.15, 0.2) is 5.76 Å². The van der Waals surface area contributed by atoms with E-state index < -0.39 is 27.4 Å². The van der Waals surface area contributed by atoms with Crippen LogP contribution in [0.25, 0.3) is 5.76 Å². The molecule has 0 amide bonds. The van der Waals surface area contributed by atoms with Crippen LogP contribution >= 0.6 is 0 Å². The van der Waals surface area contributed by atoms with Gasteiger partial charge in [-0.15, -0.1) is 0 Å². The summed E-state index contributed by atoms with van der Waals surface area (Å²) in [5.74, 6) is -1.95. The number of alkyl halides is 3. The lowest BCUT2D eigenvalue weighted by Gasteiger charge is -2.29. The first kappa shape index (κ1) is 20.9. The maximum absolute atomic E-state index is 12.9. The molecule has 9 heteroatoms. The van der Waals surface area contributed by atoms with Crippen LogP contribution < -0.4 is 0 Å². The highest BCUT2D eigenvalue weighted by Gasteiger charge is 2.50. The van der Waals surface area contributed by atoms with Crippen LogP contribution in [0, 0.1) is 0 Å². The van der Waals surface area contributed by atoms with Gasteiger partial charge in [-0.05, 0) is 24.5 Å². The highest BCUT2D eigenvalue weighted by molar-refractivity contribution is 7.87. The molecule has 0 heterocycles. The van der Waals surface area contributed by atoms with Crippen molar-refractivity contribution in [3.8, 4) is 0 Å². The summed E-state index contributed by atoms with van der Waals surface area (Å²) in [6.45, 7) is 1.51. The fourth-order valence-electron chi connectivity index (χ4n) is 3.21. The molecular weight excluding hydrogens is 409 g/mol. The lowest BCUT2D eigenvalue weighted by atomic mass is 9.78. The smallest absolute Gasteiger partial charge is 0.463 e. The summed E-state index contributed by atoms with van der Waals surface area (Å²) in [5.41, 5.74) is -4.42. The minimum Gasteiger partial charge on any atom is -0.463 e. The van der Waals surface area contributed by atoms with Crippen LogP contribution in [-0.4, -0.2) is 26.5 Å². The highest BCUT2D eigenvalue weighted by atomic mass is 32.2. The molecule has 1 aliphatic rings. The van der Waals surface area contributed by atoms with E-state index in [1.807, 2.05) is 18.2 Å². The van der Waals surface area contributed by atoms with Crippen LogP contribution in [0.15, 0.2) is 60.2 Å². The van der Waals surface area contributed by atoms with Gasteiger partial charge in [0.05, 0.1) is 12.2 Å². The second-order valence-corrected chi connectivity index (χ2v) is 7.80. The lowest BCUT2D eigenvalue weighted by Crippen LogP contribution is -2.28. The SMILES string of the molecule is CCOC(=O)C1=C(OS(=O)(=O)C(F)(F)F)c2ccccc2C(c2ccccc2)C1. The molecule has 1 aliphatic carbocycles. The Morgan fingerprint density at radius 3 is 2.31 bits per heavy atom. The van der Waals surface area contributed by atoms with Crippen molar-refractivity contribution >= 4 is 21.8 Å². The molecule has 29 heavy (non-hydrogen) atoms. The second kappa shape index (κ2) is 7.90. The summed E-state index contributed by atoms with van der Waals surface area (Å²) in [7, 11) is -5.97. The van der Waals surface area contributed by atoms with Crippen LogP contribution in [0.2, 0.25) is 0 Å². The molecule has 0 radical (unpaired) electrons. The molecule has 0 aromatic heterocycles. The van der Waals surface area contributed by atoms with Crippen molar-refractivity contribution in [3.05, 3.63) is 76.9 Å². The molecular formula is C20H17F3O5S. The average molecular weight is 426 g/mol. The standard InChI is InChI=1S/C20H17F3O5S/c1-2-27-19(24)17-12-16(13-8-4-3-5-9-13)14-10-6-7-11-15(14)18(17)28-29(25,26)20(21,22)23/h3-11,16H,2,12H2,1H3. The Kier molecular flexibility index (Phi) is 5.70. The molecule has 0 saturated heterocycles. The number of rotatable bonds is 5. The third-order valence-electron chi connectivity index (χ3n) is 4.46. The molecule has 3 rings (SSSR count). The Morgan fingerprint density at radius 1 is 1.07 bits per heavy atom. The predicted octanol–water partition coefficient (Wildman–Crippen LogP) is 4.36. The first-order chi connectivity index (χ1) is 13.7. The minimum absolute atomic E-state index is 0.0285. The maximum Gasteiger partial charge on any atom is 0.534 e. The van der Waals surface area contributed by atoms with Crippen molar-refractivity contribution in [2.75, 3.05) is 6.61 Å². The molecule has 0 fully saturated rings. The van der Waals surface area contributed by atoms with Crippen LogP contribution in [-0.2, 0) is 23.8 Å². The number of esters is 1. The first-order valence-corrected chi connectivity index (χ1v) is 10.1. The van der Waals surface area contributed by atoms with Gasteiger partial charge in [0.1, 0.15) is 0 Å². The topological polar surface area (TPSA) is 69.7 Å². The number of hydrogen-bond acceptors (Lipinski definition) is 5. The van der Waals surface area contributed by atoms with Crippen molar-refractivity contribution in [3.63, 3.8) is 0 Å². The van der Waals surface area contributed by atoms with E-state index in [0.717, 1.165) is 5.56 Å². The third kappa shape index (κ3) is 4.14. The lowest BCUT2D eigenvalue weighted by molar-refractivity contribution is -0.138. The van der Waals surface area contributed by atoms with Crippen molar-refractivity contribution in [1.82, 2.24) is 0 Å². The van der Waals surface area contributed by atoms with E-state index in [-0.39, 0.29) is 30.1 Å². The Labute approximate surface area is 165 Å². The van der Waals surface area contributed by atoms with Crippen molar-refractivity contribution in [2.24, 2.45) is 0 Å². The summed E-state index contributed by atoms with van der Waals surface area (Å²) in [5, 5.41) is 0. The molecule has 0 spiro atoms. The van der Waals surface area contributed by atoms with Crippen LogP contribution in [0.4, 0.5) is 13.2 Å². The fraction of sp³-hybridized carbons (Fsp3) is 0.250. The summed E-state index contributed by atoms with van der Waals surface area (Å²) in [4.78, 5) is 12.5. The average Bonchev–Trinajstić information content (AvgIpc) is 2.68. The van der Waals surface area contributed by atoms with Gasteiger partial charge in [-0.25, -0.2) is 4.79 Å². The Morgan fingerprint density at radius 2 is 1.69 bits per heavy atom. The van der Waals surface area contributed by atoms with Crippen LogP contribution in [0.1, 0.15) is 36.0 Å². The second-order valence-electron chi connectivity index (χ2n) is 6.27. The number of carbonyl (C=O) groups is 1. The zero-order chi connectivity index (χ0) is 21.2. The molecule has 0 saturated carbocycles. The summed E-state index contributed by atoms with van der Waals surface area (Å²) < 4.78 is 71.6. The van der Waals surface area contributed by atoms with Crippen LogP contribution in [0.5, 0.6) is 0 Å². The fourth-order valence-corrected chi connectivity index (χ4v) is 3.71. The molecule has 1 atom stereocenters. The van der Waals surface area contributed by atoms with Gasteiger partial charge in [0.25, 0.3) is 0 Å². The predicted molar refractivity (Wildman–Crippen MR) is 99.0 cm³/mol. The summed E-state index contributed by atoms with van der Waals surface area (Å²) in [6.07, 6.45) is -0.0669. The zero-order valence-corrected chi connectivity index (χ0v) is 16.1. The van der Waals surface area contributed by atoms with E-state index in [1.54, 1.807) is 24.3 Å². The van der Waals surface area contributed by atoms with E-state index in [4.69, 9.17) is 4.74 Å². The van der Waals surface area contributed by atoms with Gasteiger partial charge in [0.2, 0.25) is 0 Å². The van der Waals surface area contributed by atoms with E-state index in [0.29, 0.717) is 5.56 Å². The summed E-state index contributed by atoms with van der Waals surface area (Å²) in [6, 6.07) is 15.3. The molecule has 2 aromatic rings. The molecule has 1 unspecified atom stereocenters. The van der Waals surface area contributed by atoms with Gasteiger partial charge in [-0.2, -0.15) is 21.6 Å². The van der Waals surface area contributed by atoms with Gasteiger partial charge < -0.3 is 8.92 Å². The number of fused-ring (bicyclic) bond motifs is 1. The van der Waals surface area contributed by atoms with Gasteiger partial charge in [-0.1, -0.05) is 54.6 Å². The third-order valence-corrected chi connectivity index (χ3v) is 5.42. The Bertz CT molecular complexity index is 1040. The number of carbonyl (C=O) groups excluding carboxylic acids is 1. The minimum atomic E-state index is -5.97. The normalized spacial score (nSPS) is 16.9. The summed E-state index contributed by atoms with van der Waals surface area (Å²) >= 11 is 0. The van der Waals surface area contributed by atoms with E-state index in [9.17, 15) is 26.4 Å². The number of hydrogen-bond donors (Lipinski definition) is 0. The monoisotopic (exact) mass is 426 g/mol. The number of halogens is 3. The zero-order valence-electron chi connectivity index (χ0n) is 15.3. The van der Waals surface area contributed by atoms with Crippen LogP contribution in [0.3, 0.4) is 0 Å². The van der Waals surface area contributed by atoms with Gasteiger partial charge >= 0.3 is 21.6 Å². The largest absolute Gasteiger partial charge is 0.534 e. The van der Waals surface area contributed by atoms with Crippen molar-refractivity contribution in [1.29, 1.82) is 0 Å². The van der Waals surface area contributed by atoms with E-state index >= 15 is 0 Å². The number of benzene rings is 2. The molecule has 0 aliphatic heterocycles. The van der Waals surface area contributed by atoms with E-state index in [1.165, 1.54) is 19.1 Å². The molecule has 5 nitrogen and oxygen atoms in total. The van der Waals surface area contributed by atoms with E-state index in [2.05, 4.69) is 4.18 Å². The molecule has 2 aromatic carbocycles. The highest BCUT2D eigenvalue weighted by Crippen LogP contribution is 2.44. The molecule has 0 N–H and O–H groups in total. The molecule has 0 bridgehead atoms. The van der Waals surface area contributed by atoms with Crippen molar-refractivity contribution in [2.45, 2.75) is 24.8 Å². The number of ether oxygens (including phenoxy) is 1. The Hall–Kier alpha value is -2.81. The first-order valence-electron chi connectivity index (χ1n) is 8.71. The maximum atomic E-state index is 12.9. The molecule has 154 valence electrons. The Balaban J connectivity index is 2.20. The quantitative estimate of drug-likeness (QED) is 0.404.